The molecule has 2 rings (SSSR count). The van der Waals surface area contributed by atoms with E-state index in [1.165, 1.54) is 4.88 Å². The maximum absolute atomic E-state index is 6.21. The number of nitrogens with one attached hydrogen (secondary N) is 1. The molecule has 2 aromatic rings. The largest absolute Gasteiger partial charge is 0.306 e. The maximum atomic E-state index is 6.21. The second kappa shape index (κ2) is 5.96. The number of hydrogen-bond acceptors (Lipinski definition) is 3. The van der Waals surface area contributed by atoms with Crippen molar-refractivity contribution in [3.8, 4) is 0 Å². The lowest BCUT2D eigenvalue weighted by Crippen LogP contribution is -2.21. The first kappa shape index (κ1) is 13.0. The lowest BCUT2D eigenvalue weighted by atomic mass is 10.1. The second-order valence-electron chi connectivity index (χ2n) is 3.52. The minimum absolute atomic E-state index is 0.116. The van der Waals surface area contributed by atoms with Crippen LogP contribution in [0.25, 0.3) is 0 Å². The van der Waals surface area contributed by atoms with Gasteiger partial charge in [-0.2, -0.15) is 0 Å². The van der Waals surface area contributed by atoms with Crippen LogP contribution >= 0.6 is 38.9 Å². The van der Waals surface area contributed by atoms with E-state index in [4.69, 9.17) is 11.6 Å². The minimum Gasteiger partial charge on any atom is -0.306 e. The van der Waals surface area contributed by atoms with E-state index in [2.05, 4.69) is 44.6 Å². The van der Waals surface area contributed by atoms with E-state index < -0.39 is 0 Å². The fourth-order valence-corrected chi connectivity index (χ4v) is 3.60. The Morgan fingerprint density at radius 3 is 2.94 bits per heavy atom. The number of halogens is 2. The van der Waals surface area contributed by atoms with Crippen LogP contribution in [0.4, 0.5) is 0 Å². The molecule has 0 bridgehead atoms. The molecule has 2 nitrogen and oxygen atoms in total. The predicted octanol–water partition coefficient (Wildman–Crippen LogP) is 4.26. The molecule has 0 spiro atoms. The van der Waals surface area contributed by atoms with E-state index in [1.54, 1.807) is 23.7 Å². The lowest BCUT2D eigenvalue weighted by molar-refractivity contribution is 0.637. The number of hydrogen-bond donors (Lipinski definition) is 1. The van der Waals surface area contributed by atoms with Crippen LogP contribution in [0.2, 0.25) is 5.02 Å². The molecular weight excluding hydrogens is 320 g/mol. The number of rotatable bonds is 4. The summed E-state index contributed by atoms with van der Waals surface area (Å²) in [6.07, 6.45) is 3.45. The Kier molecular flexibility index (Phi) is 4.56. The highest BCUT2D eigenvalue weighted by Gasteiger charge is 2.19. The average Bonchev–Trinajstić information content (AvgIpc) is 2.74. The van der Waals surface area contributed by atoms with E-state index in [0.29, 0.717) is 5.02 Å². The monoisotopic (exact) mass is 330 g/mol. The molecule has 5 heteroatoms. The average molecular weight is 332 g/mol. The fourth-order valence-electron chi connectivity index (χ4n) is 1.68. The van der Waals surface area contributed by atoms with Crippen LogP contribution in [0.3, 0.4) is 0 Å². The zero-order valence-corrected chi connectivity index (χ0v) is 12.4. The van der Waals surface area contributed by atoms with Crippen molar-refractivity contribution in [2.24, 2.45) is 0 Å². The number of aromatic nitrogens is 1. The van der Waals surface area contributed by atoms with Crippen molar-refractivity contribution in [2.75, 3.05) is 6.54 Å². The van der Waals surface area contributed by atoms with Crippen LogP contribution in [-0.2, 0) is 0 Å². The Labute approximate surface area is 118 Å². The van der Waals surface area contributed by atoms with Crippen LogP contribution in [-0.4, -0.2) is 11.5 Å². The number of nitrogens with zero attached hydrogens (tertiary/aromatic N) is 1. The van der Waals surface area contributed by atoms with Crippen molar-refractivity contribution in [1.29, 1.82) is 0 Å². The molecule has 2 heterocycles. The van der Waals surface area contributed by atoms with Crippen molar-refractivity contribution in [3.63, 3.8) is 0 Å². The fraction of sp³-hybridized carbons (Fsp3) is 0.250. The van der Waals surface area contributed by atoms with Gasteiger partial charge in [-0.15, -0.1) is 11.3 Å². The van der Waals surface area contributed by atoms with Crippen molar-refractivity contribution < 1.29 is 0 Å². The van der Waals surface area contributed by atoms with Gasteiger partial charge in [-0.1, -0.05) is 18.5 Å². The summed E-state index contributed by atoms with van der Waals surface area (Å²) in [4.78, 5) is 5.26. The van der Waals surface area contributed by atoms with Gasteiger partial charge in [0.15, 0.2) is 0 Å². The molecule has 0 radical (unpaired) electrons. The topological polar surface area (TPSA) is 24.9 Å². The normalized spacial score (nSPS) is 12.6. The van der Waals surface area contributed by atoms with Crippen molar-refractivity contribution >= 4 is 38.9 Å². The number of pyridine rings is 1. The highest BCUT2D eigenvalue weighted by atomic mass is 79.9. The maximum Gasteiger partial charge on any atom is 0.0698 e. The van der Waals surface area contributed by atoms with Gasteiger partial charge in [0.25, 0.3) is 0 Å². The Bertz CT molecular complexity index is 501. The standard InChI is InChI=1S/C12H12BrClN2S/c1-2-16-11(12-9(13)4-6-17-12)8-3-5-15-7-10(8)14/h3-7,11,16H,2H2,1H3. The quantitative estimate of drug-likeness (QED) is 0.905. The molecule has 0 aromatic carbocycles. The Morgan fingerprint density at radius 1 is 1.53 bits per heavy atom. The highest BCUT2D eigenvalue weighted by molar-refractivity contribution is 9.10. The molecule has 0 aliphatic carbocycles. The zero-order chi connectivity index (χ0) is 12.3. The second-order valence-corrected chi connectivity index (χ2v) is 5.73. The van der Waals surface area contributed by atoms with Crippen LogP contribution in [0.5, 0.6) is 0 Å². The van der Waals surface area contributed by atoms with Crippen LogP contribution < -0.4 is 5.32 Å². The lowest BCUT2D eigenvalue weighted by Gasteiger charge is -2.18. The molecule has 0 aliphatic rings. The smallest absolute Gasteiger partial charge is 0.0698 e. The van der Waals surface area contributed by atoms with Gasteiger partial charge in [0.2, 0.25) is 0 Å². The van der Waals surface area contributed by atoms with Crippen molar-refractivity contribution in [1.82, 2.24) is 10.3 Å². The molecule has 0 amide bonds. The molecule has 0 aliphatic heterocycles. The summed E-state index contributed by atoms with van der Waals surface area (Å²) in [6, 6.07) is 4.13. The van der Waals surface area contributed by atoms with E-state index in [-0.39, 0.29) is 6.04 Å². The van der Waals surface area contributed by atoms with Gasteiger partial charge in [0.05, 0.1) is 11.1 Å². The van der Waals surface area contributed by atoms with Gasteiger partial charge in [0.1, 0.15) is 0 Å². The Balaban J connectivity index is 2.43. The Hall–Kier alpha value is -0.420. The highest BCUT2D eigenvalue weighted by Crippen LogP contribution is 2.35. The molecule has 1 atom stereocenters. The van der Waals surface area contributed by atoms with Gasteiger partial charge >= 0.3 is 0 Å². The molecule has 17 heavy (non-hydrogen) atoms. The van der Waals surface area contributed by atoms with E-state index in [9.17, 15) is 0 Å². The van der Waals surface area contributed by atoms with Crippen molar-refractivity contribution in [3.05, 3.63) is 49.8 Å². The third kappa shape index (κ3) is 2.88. The van der Waals surface area contributed by atoms with Crippen molar-refractivity contribution in [2.45, 2.75) is 13.0 Å². The third-order valence-electron chi connectivity index (χ3n) is 2.43. The first-order chi connectivity index (χ1) is 8.24. The summed E-state index contributed by atoms with van der Waals surface area (Å²) in [5, 5.41) is 6.21. The van der Waals surface area contributed by atoms with E-state index in [0.717, 1.165) is 16.6 Å². The molecule has 0 fully saturated rings. The minimum atomic E-state index is 0.116. The van der Waals surface area contributed by atoms with Crippen LogP contribution in [0, 0.1) is 0 Å². The van der Waals surface area contributed by atoms with Crippen LogP contribution in [0.15, 0.2) is 34.4 Å². The van der Waals surface area contributed by atoms with Gasteiger partial charge in [0, 0.05) is 21.7 Å². The molecule has 1 unspecified atom stereocenters. The van der Waals surface area contributed by atoms with E-state index in [1.807, 2.05) is 6.07 Å². The first-order valence-corrected chi connectivity index (χ1v) is 7.34. The predicted molar refractivity (Wildman–Crippen MR) is 76.8 cm³/mol. The molecular formula is C12H12BrClN2S. The summed E-state index contributed by atoms with van der Waals surface area (Å²) in [6.45, 7) is 2.97. The van der Waals surface area contributed by atoms with Gasteiger partial charge in [-0.25, -0.2) is 0 Å². The Morgan fingerprint density at radius 2 is 2.35 bits per heavy atom. The van der Waals surface area contributed by atoms with Gasteiger partial charge in [-0.3, -0.25) is 4.98 Å². The van der Waals surface area contributed by atoms with Gasteiger partial charge < -0.3 is 5.32 Å². The zero-order valence-electron chi connectivity index (χ0n) is 9.28. The molecule has 90 valence electrons. The summed E-state index contributed by atoms with van der Waals surface area (Å²) in [5.41, 5.74) is 1.06. The van der Waals surface area contributed by atoms with E-state index >= 15 is 0 Å². The third-order valence-corrected chi connectivity index (χ3v) is 4.68. The summed E-state index contributed by atoms with van der Waals surface area (Å²) in [7, 11) is 0. The molecule has 0 saturated carbocycles. The molecule has 0 saturated heterocycles. The molecule has 2 aromatic heterocycles. The first-order valence-electron chi connectivity index (χ1n) is 5.29. The van der Waals surface area contributed by atoms with Gasteiger partial charge in [-0.05, 0) is 45.6 Å². The summed E-state index contributed by atoms with van der Waals surface area (Å²) >= 11 is 11.5. The SMILES string of the molecule is CCNC(c1ccncc1Cl)c1sccc1Br. The van der Waals surface area contributed by atoms with Crippen LogP contribution in [0.1, 0.15) is 23.4 Å². The molecule has 1 N–H and O–H groups in total. The number of thiophene rings is 1. The summed E-state index contributed by atoms with van der Waals surface area (Å²) in [5.74, 6) is 0. The summed E-state index contributed by atoms with van der Waals surface area (Å²) < 4.78 is 1.11.